The van der Waals surface area contributed by atoms with Crippen LogP contribution in [0.4, 0.5) is 4.79 Å². The van der Waals surface area contributed by atoms with E-state index >= 15 is 0 Å². The second-order valence-electron chi connectivity index (χ2n) is 7.57. The van der Waals surface area contributed by atoms with Gasteiger partial charge in [-0.2, -0.15) is 0 Å². The lowest BCUT2D eigenvalue weighted by Gasteiger charge is -2.28. The molecule has 1 atom stereocenters. The highest BCUT2D eigenvalue weighted by atomic mass is 32.1. The molecule has 0 spiro atoms. The molecule has 0 bridgehead atoms. The predicted octanol–water partition coefficient (Wildman–Crippen LogP) is 4.16. The first-order valence-corrected chi connectivity index (χ1v) is 10.8. The van der Waals surface area contributed by atoms with Gasteiger partial charge in [-0.3, -0.25) is 0 Å². The lowest BCUT2D eigenvalue weighted by atomic mass is 9.84. The van der Waals surface area contributed by atoms with Crippen LogP contribution in [0.15, 0.2) is 36.4 Å². The van der Waals surface area contributed by atoms with E-state index in [0.29, 0.717) is 13.1 Å². The van der Waals surface area contributed by atoms with Gasteiger partial charge in [0.15, 0.2) is 0 Å². The smallest absolute Gasteiger partial charge is 0.314 e. The molecule has 1 fully saturated rings. The Morgan fingerprint density at radius 1 is 1.18 bits per heavy atom. The molecule has 3 rings (SSSR count). The van der Waals surface area contributed by atoms with E-state index in [4.69, 9.17) is 4.74 Å². The normalized spacial score (nSPS) is 16.5. The first kappa shape index (κ1) is 20.7. The minimum atomic E-state index is -0.439. The molecule has 2 amide bonds. The molecule has 1 aromatic heterocycles. The Hall–Kier alpha value is -2.05. The predicted molar refractivity (Wildman–Crippen MR) is 113 cm³/mol. The average molecular weight is 403 g/mol. The maximum atomic E-state index is 12.3. The summed E-state index contributed by atoms with van der Waals surface area (Å²) in [6.45, 7) is 3.03. The second-order valence-corrected chi connectivity index (χ2v) is 8.69. The van der Waals surface area contributed by atoms with Crippen molar-refractivity contribution in [1.82, 2.24) is 10.6 Å². The quantitative estimate of drug-likeness (QED) is 0.621. The van der Waals surface area contributed by atoms with Crippen molar-refractivity contribution in [2.24, 2.45) is 0 Å². The molecule has 6 heteroatoms. The Morgan fingerprint density at radius 2 is 1.89 bits per heavy atom. The van der Waals surface area contributed by atoms with Gasteiger partial charge in [-0.25, -0.2) is 4.79 Å². The molecule has 1 aromatic carbocycles. The Morgan fingerprint density at radius 3 is 2.50 bits per heavy atom. The van der Waals surface area contributed by atoms with Gasteiger partial charge in [0.05, 0.1) is 13.2 Å². The molecule has 28 heavy (non-hydrogen) atoms. The zero-order chi connectivity index (χ0) is 20.0. The number of carbonyl (C=O) groups excluding carboxylic acids is 1. The van der Waals surface area contributed by atoms with Gasteiger partial charge in [0.1, 0.15) is 5.75 Å². The Kier molecular flexibility index (Phi) is 6.97. The van der Waals surface area contributed by atoms with Crippen molar-refractivity contribution in [3.05, 3.63) is 51.7 Å². The fourth-order valence-electron chi connectivity index (χ4n) is 3.85. The van der Waals surface area contributed by atoms with Crippen molar-refractivity contribution < 1.29 is 14.6 Å². The highest BCUT2D eigenvalue weighted by Gasteiger charge is 2.37. The molecule has 1 saturated carbocycles. The zero-order valence-electron chi connectivity index (χ0n) is 16.7. The molecular formula is C22H30N2O3S. The highest BCUT2D eigenvalue weighted by molar-refractivity contribution is 7.12. The molecule has 3 N–H and O–H groups in total. The first-order valence-electron chi connectivity index (χ1n) is 9.95. The number of hydrogen-bond acceptors (Lipinski definition) is 4. The third kappa shape index (κ3) is 5.06. The summed E-state index contributed by atoms with van der Waals surface area (Å²) in [6, 6.07) is 11.9. The lowest BCUT2D eigenvalue weighted by Crippen LogP contribution is -2.43. The molecule has 2 aromatic rings. The maximum Gasteiger partial charge on any atom is 0.314 e. The van der Waals surface area contributed by atoms with Gasteiger partial charge in [0, 0.05) is 28.3 Å². The van der Waals surface area contributed by atoms with E-state index in [1.54, 1.807) is 25.4 Å². The topological polar surface area (TPSA) is 70.6 Å². The van der Waals surface area contributed by atoms with Gasteiger partial charge in [0.25, 0.3) is 0 Å². The van der Waals surface area contributed by atoms with Crippen LogP contribution in [-0.4, -0.2) is 31.3 Å². The summed E-state index contributed by atoms with van der Waals surface area (Å²) in [5.74, 6) is 0.837. The SMILES string of the molecule is COc1ccc(CCNC(=O)NCC2(c3ccc(C(C)O)s3)CCCC2)cc1. The molecule has 1 aliphatic rings. The molecule has 0 radical (unpaired) electrons. The number of aliphatic hydroxyl groups excluding tert-OH is 1. The van der Waals surface area contributed by atoms with Gasteiger partial charge < -0.3 is 20.5 Å². The van der Waals surface area contributed by atoms with Crippen LogP contribution in [0.2, 0.25) is 0 Å². The number of benzene rings is 1. The average Bonchev–Trinajstić information content (AvgIpc) is 3.37. The van der Waals surface area contributed by atoms with Crippen molar-refractivity contribution in [3.63, 3.8) is 0 Å². The minimum absolute atomic E-state index is 0.00509. The van der Waals surface area contributed by atoms with Gasteiger partial charge in [-0.15, -0.1) is 11.3 Å². The summed E-state index contributed by atoms with van der Waals surface area (Å²) >= 11 is 1.67. The van der Waals surface area contributed by atoms with Crippen molar-refractivity contribution in [3.8, 4) is 5.75 Å². The van der Waals surface area contributed by atoms with Crippen LogP contribution in [0.1, 0.15) is 54.0 Å². The summed E-state index contributed by atoms with van der Waals surface area (Å²) in [6.07, 6.45) is 4.88. The summed E-state index contributed by atoms with van der Waals surface area (Å²) < 4.78 is 5.16. The fraction of sp³-hybridized carbons (Fsp3) is 0.500. The largest absolute Gasteiger partial charge is 0.497 e. The van der Waals surface area contributed by atoms with E-state index in [1.807, 2.05) is 30.3 Å². The summed E-state index contributed by atoms with van der Waals surface area (Å²) in [5.41, 5.74) is 1.17. The van der Waals surface area contributed by atoms with E-state index in [9.17, 15) is 9.90 Å². The van der Waals surface area contributed by atoms with Crippen molar-refractivity contribution in [2.75, 3.05) is 20.2 Å². The highest BCUT2D eigenvalue weighted by Crippen LogP contribution is 2.44. The molecule has 0 saturated heterocycles. The first-order chi connectivity index (χ1) is 13.5. The van der Waals surface area contributed by atoms with Crippen molar-refractivity contribution in [1.29, 1.82) is 0 Å². The van der Waals surface area contributed by atoms with Gasteiger partial charge in [-0.1, -0.05) is 25.0 Å². The van der Waals surface area contributed by atoms with Gasteiger partial charge in [0.2, 0.25) is 0 Å². The Bertz CT molecular complexity index is 764. The Labute approximate surface area is 171 Å². The number of methoxy groups -OCH3 is 1. The molecule has 1 unspecified atom stereocenters. The van der Waals surface area contributed by atoms with E-state index < -0.39 is 6.10 Å². The molecular weight excluding hydrogens is 372 g/mol. The molecule has 5 nitrogen and oxygen atoms in total. The van der Waals surface area contributed by atoms with Crippen LogP contribution in [0, 0.1) is 0 Å². The van der Waals surface area contributed by atoms with Gasteiger partial charge in [-0.05, 0) is 56.0 Å². The lowest BCUT2D eigenvalue weighted by molar-refractivity contribution is 0.203. The number of amides is 2. The summed E-state index contributed by atoms with van der Waals surface area (Å²) in [7, 11) is 1.65. The van der Waals surface area contributed by atoms with E-state index in [-0.39, 0.29) is 11.4 Å². The number of ether oxygens (including phenoxy) is 1. The van der Waals surface area contributed by atoms with Gasteiger partial charge >= 0.3 is 6.03 Å². The number of thiophene rings is 1. The summed E-state index contributed by atoms with van der Waals surface area (Å²) in [4.78, 5) is 14.6. The zero-order valence-corrected chi connectivity index (χ0v) is 17.5. The number of nitrogens with one attached hydrogen (secondary N) is 2. The second kappa shape index (κ2) is 9.43. The van der Waals surface area contributed by atoms with Crippen LogP contribution in [-0.2, 0) is 11.8 Å². The van der Waals surface area contributed by atoms with Crippen LogP contribution in [0.5, 0.6) is 5.75 Å². The monoisotopic (exact) mass is 402 g/mol. The van der Waals surface area contributed by atoms with Crippen LogP contribution in [0.25, 0.3) is 0 Å². The standard InChI is InChI=1S/C22H30N2O3S/c1-16(25)19-9-10-20(28-19)22(12-3-4-13-22)15-24-21(26)23-14-11-17-5-7-18(27-2)8-6-17/h5-10,16,25H,3-4,11-15H2,1-2H3,(H2,23,24,26). The number of urea groups is 1. The third-order valence-electron chi connectivity index (χ3n) is 5.57. The van der Waals surface area contributed by atoms with Crippen molar-refractivity contribution in [2.45, 2.75) is 50.5 Å². The molecule has 152 valence electrons. The number of carbonyl (C=O) groups is 1. The Balaban J connectivity index is 1.49. The van der Waals surface area contributed by atoms with Crippen LogP contribution < -0.4 is 15.4 Å². The number of rotatable bonds is 8. The van der Waals surface area contributed by atoms with E-state index in [0.717, 1.165) is 35.5 Å². The fourth-order valence-corrected chi connectivity index (χ4v) is 5.04. The van der Waals surface area contributed by atoms with Crippen LogP contribution in [0.3, 0.4) is 0 Å². The van der Waals surface area contributed by atoms with E-state index in [2.05, 4.69) is 16.7 Å². The minimum Gasteiger partial charge on any atom is -0.497 e. The molecule has 0 aliphatic heterocycles. The molecule has 1 heterocycles. The third-order valence-corrected chi connectivity index (χ3v) is 7.07. The number of hydrogen-bond donors (Lipinski definition) is 3. The van der Waals surface area contributed by atoms with Crippen LogP contribution >= 0.6 is 11.3 Å². The van der Waals surface area contributed by atoms with E-state index in [1.165, 1.54) is 17.7 Å². The summed E-state index contributed by atoms with van der Waals surface area (Å²) in [5, 5.41) is 15.9. The number of aliphatic hydroxyl groups is 1. The molecule has 1 aliphatic carbocycles. The van der Waals surface area contributed by atoms with Crippen molar-refractivity contribution >= 4 is 17.4 Å². The maximum absolute atomic E-state index is 12.3.